The van der Waals surface area contributed by atoms with Crippen molar-refractivity contribution < 1.29 is 4.79 Å². The normalized spacial score (nSPS) is 34.0. The third-order valence-corrected chi connectivity index (χ3v) is 8.55. The number of aromatic nitrogens is 1. The summed E-state index contributed by atoms with van der Waals surface area (Å²) in [6, 6.07) is 10.2. The molecule has 5 heteroatoms. The van der Waals surface area contributed by atoms with Crippen LogP contribution in [0.15, 0.2) is 30.3 Å². The van der Waals surface area contributed by atoms with Gasteiger partial charge in [-0.2, -0.15) is 0 Å². The summed E-state index contributed by atoms with van der Waals surface area (Å²) in [6.07, 6.45) is 8.26. The van der Waals surface area contributed by atoms with Gasteiger partial charge in [0.25, 0.3) is 0 Å². The van der Waals surface area contributed by atoms with E-state index in [-0.39, 0.29) is 11.3 Å². The number of thiazole rings is 1. The Hall–Kier alpha value is -1.20. The number of hydrogen-bond donors (Lipinski definition) is 1. The van der Waals surface area contributed by atoms with Gasteiger partial charge in [-0.3, -0.25) is 4.79 Å². The molecular weight excluding hydrogens is 420 g/mol. The van der Waals surface area contributed by atoms with Gasteiger partial charge < -0.3 is 5.32 Å². The lowest BCUT2D eigenvalue weighted by Gasteiger charge is -2.60. The lowest BCUT2D eigenvalue weighted by atomic mass is 9.48. The molecule has 4 fully saturated rings. The second-order valence-electron chi connectivity index (χ2n) is 9.13. The molecule has 0 aliphatic heterocycles. The van der Waals surface area contributed by atoms with Crippen molar-refractivity contribution in [3.63, 3.8) is 0 Å². The number of alkyl halides is 1. The monoisotopic (exact) mass is 444 g/mol. The average Bonchev–Trinajstić information content (AvgIpc) is 2.92. The first-order chi connectivity index (χ1) is 12.9. The van der Waals surface area contributed by atoms with Gasteiger partial charge in [0.2, 0.25) is 5.91 Å². The van der Waals surface area contributed by atoms with E-state index in [0.717, 1.165) is 39.5 Å². The van der Waals surface area contributed by atoms with E-state index in [4.69, 9.17) is 4.98 Å². The van der Waals surface area contributed by atoms with Gasteiger partial charge in [0, 0.05) is 21.2 Å². The number of hydrogen-bond acceptors (Lipinski definition) is 3. The number of aryl methyl sites for hydroxylation is 1. The van der Waals surface area contributed by atoms with Crippen LogP contribution in [-0.2, 0) is 4.79 Å². The van der Waals surface area contributed by atoms with Crippen LogP contribution in [0.3, 0.4) is 0 Å². The van der Waals surface area contributed by atoms with Gasteiger partial charge in [0.1, 0.15) is 0 Å². The van der Waals surface area contributed by atoms with E-state index < -0.39 is 0 Å². The van der Waals surface area contributed by atoms with E-state index in [1.165, 1.54) is 32.1 Å². The average molecular weight is 445 g/mol. The summed E-state index contributed by atoms with van der Waals surface area (Å²) in [5.74, 6) is 1.76. The van der Waals surface area contributed by atoms with Crippen molar-refractivity contribution in [1.82, 2.24) is 4.98 Å². The Bertz CT molecular complexity index is 864. The molecule has 0 radical (unpaired) electrons. The van der Waals surface area contributed by atoms with Gasteiger partial charge in [-0.25, -0.2) is 4.98 Å². The van der Waals surface area contributed by atoms with Gasteiger partial charge in [-0.15, -0.1) is 11.3 Å². The second kappa shape index (κ2) is 6.41. The van der Waals surface area contributed by atoms with Crippen LogP contribution in [0, 0.1) is 24.2 Å². The van der Waals surface area contributed by atoms with E-state index >= 15 is 0 Å². The smallest absolute Gasteiger partial charge is 0.226 e. The van der Waals surface area contributed by atoms with Gasteiger partial charge in [-0.1, -0.05) is 46.3 Å². The van der Waals surface area contributed by atoms with Crippen molar-refractivity contribution >= 4 is 38.3 Å². The second-order valence-corrected chi connectivity index (χ2v) is 12.0. The first kappa shape index (κ1) is 17.9. The lowest BCUT2D eigenvalue weighted by molar-refractivity contribution is -0.123. The Balaban J connectivity index is 1.31. The molecule has 0 spiro atoms. The summed E-state index contributed by atoms with van der Waals surface area (Å²) in [4.78, 5) is 18.7. The number of halogens is 1. The van der Waals surface area contributed by atoms with Gasteiger partial charge in [0.05, 0.1) is 5.69 Å². The first-order valence-corrected chi connectivity index (χ1v) is 11.5. The Kier molecular flexibility index (Phi) is 4.24. The largest absolute Gasteiger partial charge is 0.302 e. The zero-order valence-corrected chi connectivity index (χ0v) is 18.0. The van der Waals surface area contributed by atoms with Crippen LogP contribution in [0.4, 0.5) is 5.13 Å². The van der Waals surface area contributed by atoms with Crippen LogP contribution in [0.2, 0.25) is 0 Å². The fourth-order valence-corrected chi connectivity index (χ4v) is 8.72. The maximum Gasteiger partial charge on any atom is 0.226 e. The van der Waals surface area contributed by atoms with Crippen LogP contribution in [0.5, 0.6) is 0 Å². The van der Waals surface area contributed by atoms with Crippen LogP contribution in [0.1, 0.15) is 49.8 Å². The van der Waals surface area contributed by atoms with E-state index in [2.05, 4.69) is 40.3 Å². The topological polar surface area (TPSA) is 42.0 Å². The van der Waals surface area contributed by atoms with E-state index in [0.29, 0.717) is 10.7 Å². The number of amides is 1. The molecule has 27 heavy (non-hydrogen) atoms. The molecule has 4 bridgehead atoms. The minimum Gasteiger partial charge on any atom is -0.302 e. The van der Waals surface area contributed by atoms with Gasteiger partial charge >= 0.3 is 0 Å². The minimum absolute atomic E-state index is 0.140. The van der Waals surface area contributed by atoms with Gasteiger partial charge in [-0.05, 0) is 62.7 Å². The zero-order chi connectivity index (χ0) is 18.6. The van der Waals surface area contributed by atoms with Crippen LogP contribution >= 0.6 is 27.3 Å². The quantitative estimate of drug-likeness (QED) is 0.571. The van der Waals surface area contributed by atoms with E-state index in [1.54, 1.807) is 11.3 Å². The summed E-state index contributed by atoms with van der Waals surface area (Å²) >= 11 is 5.62. The maximum absolute atomic E-state index is 12.9. The van der Waals surface area contributed by atoms with E-state index in [1.807, 2.05) is 18.2 Å². The molecule has 1 heterocycles. The van der Waals surface area contributed by atoms with Crippen molar-refractivity contribution in [1.29, 1.82) is 0 Å². The highest BCUT2D eigenvalue weighted by molar-refractivity contribution is 9.10. The lowest BCUT2D eigenvalue weighted by Crippen LogP contribution is -2.53. The molecule has 142 valence electrons. The standard InChI is InChI=1S/C22H25BrN2OS/c1-14-19(17-5-3-2-4-6-17)25-20(27-14)24-18(26)12-21-8-15-7-16(9-21)11-22(23,10-15)13-21/h2-6,15-16H,7-13H2,1H3,(H,24,25,26)/t15-,16+,21?,22?. The summed E-state index contributed by atoms with van der Waals surface area (Å²) < 4.78 is 0.301. The molecule has 0 saturated heterocycles. The van der Waals surface area contributed by atoms with Crippen molar-refractivity contribution in [2.45, 2.75) is 56.2 Å². The van der Waals surface area contributed by atoms with Crippen LogP contribution in [-0.4, -0.2) is 15.2 Å². The number of rotatable bonds is 4. The highest BCUT2D eigenvalue weighted by atomic mass is 79.9. The fourth-order valence-electron chi connectivity index (χ4n) is 6.36. The number of nitrogens with zero attached hydrogens (tertiary/aromatic N) is 1. The summed E-state index contributed by atoms with van der Waals surface area (Å²) in [5, 5.41) is 3.84. The van der Waals surface area contributed by atoms with Crippen molar-refractivity contribution in [2.75, 3.05) is 5.32 Å². The molecule has 1 aromatic heterocycles. The summed E-state index contributed by atoms with van der Waals surface area (Å²) in [7, 11) is 0. The van der Waals surface area contributed by atoms with Crippen molar-refractivity contribution in [3.8, 4) is 11.3 Å². The molecule has 1 amide bonds. The van der Waals surface area contributed by atoms with Crippen molar-refractivity contribution in [2.24, 2.45) is 17.3 Å². The summed E-state index contributed by atoms with van der Waals surface area (Å²) in [5.41, 5.74) is 2.28. The third kappa shape index (κ3) is 3.38. The molecule has 3 nitrogen and oxygen atoms in total. The van der Waals surface area contributed by atoms with E-state index in [9.17, 15) is 4.79 Å². The predicted molar refractivity (Wildman–Crippen MR) is 114 cm³/mol. The van der Waals surface area contributed by atoms with Crippen LogP contribution in [0.25, 0.3) is 11.3 Å². The molecule has 4 saturated carbocycles. The number of nitrogens with one attached hydrogen (secondary N) is 1. The molecule has 6 rings (SSSR count). The molecule has 4 aliphatic rings. The molecule has 1 N–H and O–H groups in total. The Morgan fingerprint density at radius 2 is 1.93 bits per heavy atom. The third-order valence-electron chi connectivity index (χ3n) is 6.74. The Labute approximate surface area is 173 Å². The Morgan fingerprint density at radius 1 is 1.22 bits per heavy atom. The Morgan fingerprint density at radius 3 is 2.59 bits per heavy atom. The number of anilines is 1. The SMILES string of the molecule is Cc1sc(NC(=O)CC23C[C@@H]4C[C@@H](CC(Br)(C4)C2)C3)nc1-c1ccccc1. The molecular formula is C22H25BrN2OS. The number of benzene rings is 1. The van der Waals surface area contributed by atoms with Crippen molar-refractivity contribution in [3.05, 3.63) is 35.2 Å². The minimum atomic E-state index is 0.140. The summed E-state index contributed by atoms with van der Waals surface area (Å²) in [6.45, 7) is 2.07. The molecule has 4 aliphatic carbocycles. The molecule has 4 atom stereocenters. The molecule has 2 unspecified atom stereocenters. The zero-order valence-electron chi connectivity index (χ0n) is 15.6. The van der Waals surface area contributed by atoms with Crippen LogP contribution < -0.4 is 5.32 Å². The molecule has 2 aromatic rings. The number of carbonyl (C=O) groups excluding carboxylic acids is 1. The number of carbonyl (C=O) groups is 1. The highest BCUT2D eigenvalue weighted by Gasteiger charge is 2.57. The maximum atomic E-state index is 12.9. The fraction of sp³-hybridized carbons (Fsp3) is 0.545. The predicted octanol–water partition coefficient (Wildman–Crippen LogP) is 6.18. The van der Waals surface area contributed by atoms with Gasteiger partial charge in [0.15, 0.2) is 5.13 Å². The highest BCUT2D eigenvalue weighted by Crippen LogP contribution is 2.65. The molecule has 1 aromatic carbocycles. The first-order valence-electron chi connectivity index (χ1n) is 9.94.